The highest BCUT2D eigenvalue weighted by atomic mass is 19.1. The van der Waals surface area contributed by atoms with Crippen molar-refractivity contribution >= 4 is 23.1 Å². The topological polar surface area (TPSA) is 66.8 Å². The highest BCUT2D eigenvalue weighted by molar-refractivity contribution is 6.51. The van der Waals surface area contributed by atoms with E-state index in [2.05, 4.69) is 0 Å². The van der Waals surface area contributed by atoms with Crippen molar-refractivity contribution in [3.05, 3.63) is 101 Å². The van der Waals surface area contributed by atoms with E-state index >= 15 is 0 Å². The lowest BCUT2D eigenvalue weighted by atomic mass is 9.94. The first kappa shape index (κ1) is 23.2. The number of amides is 1. The van der Waals surface area contributed by atoms with Crippen molar-refractivity contribution in [3.8, 4) is 5.75 Å². The summed E-state index contributed by atoms with van der Waals surface area (Å²) in [6, 6.07) is 14.3. The van der Waals surface area contributed by atoms with Crippen LogP contribution in [0.25, 0.3) is 5.76 Å². The third-order valence-electron chi connectivity index (χ3n) is 5.54. The van der Waals surface area contributed by atoms with E-state index in [1.807, 2.05) is 13.8 Å². The molecule has 0 aliphatic carbocycles. The number of ether oxygens (including phenoxy) is 1. The zero-order chi connectivity index (χ0) is 24.6. The molecule has 1 amide bonds. The summed E-state index contributed by atoms with van der Waals surface area (Å²) in [7, 11) is 0. The van der Waals surface area contributed by atoms with Gasteiger partial charge in [0.25, 0.3) is 11.7 Å². The number of hydrogen-bond acceptors (Lipinski definition) is 4. The number of rotatable bonds is 5. The van der Waals surface area contributed by atoms with Gasteiger partial charge in [-0.1, -0.05) is 24.3 Å². The molecule has 5 nitrogen and oxygen atoms in total. The summed E-state index contributed by atoms with van der Waals surface area (Å²) in [5.74, 6) is -3.12. The molecule has 1 saturated heterocycles. The number of carbonyl (C=O) groups is 2. The van der Waals surface area contributed by atoms with E-state index in [0.29, 0.717) is 11.3 Å². The van der Waals surface area contributed by atoms with Crippen LogP contribution in [0.4, 0.5) is 14.5 Å². The average molecular weight is 463 g/mol. The lowest BCUT2D eigenvalue weighted by Gasteiger charge is -2.25. The van der Waals surface area contributed by atoms with Crippen molar-refractivity contribution in [2.45, 2.75) is 32.9 Å². The van der Waals surface area contributed by atoms with E-state index in [9.17, 15) is 23.5 Å². The highest BCUT2D eigenvalue weighted by Gasteiger charge is 2.47. The predicted octanol–water partition coefficient (Wildman–Crippen LogP) is 5.69. The summed E-state index contributed by atoms with van der Waals surface area (Å²) >= 11 is 0. The summed E-state index contributed by atoms with van der Waals surface area (Å²) in [6.07, 6.45) is -0.0594. The first-order chi connectivity index (χ1) is 16.2. The zero-order valence-electron chi connectivity index (χ0n) is 18.9. The van der Waals surface area contributed by atoms with Gasteiger partial charge < -0.3 is 9.84 Å². The minimum Gasteiger partial charge on any atom is -0.507 e. The number of carbonyl (C=O) groups excluding carboxylic acids is 2. The molecule has 1 aliphatic rings. The molecule has 174 valence electrons. The van der Waals surface area contributed by atoms with E-state index < -0.39 is 35.1 Å². The highest BCUT2D eigenvalue weighted by Crippen LogP contribution is 2.43. The van der Waals surface area contributed by atoms with Gasteiger partial charge >= 0.3 is 0 Å². The molecule has 0 spiro atoms. The van der Waals surface area contributed by atoms with Crippen LogP contribution in [-0.4, -0.2) is 22.9 Å². The van der Waals surface area contributed by atoms with E-state index in [1.54, 1.807) is 31.2 Å². The number of Topliss-reactive ketones (excluding diaryl/α,β-unsaturated/α-hetero) is 1. The zero-order valence-corrected chi connectivity index (χ0v) is 18.9. The van der Waals surface area contributed by atoms with E-state index in [0.717, 1.165) is 11.0 Å². The Hall–Kier alpha value is -4.00. The molecule has 1 heterocycles. The van der Waals surface area contributed by atoms with Gasteiger partial charge in [0, 0.05) is 16.8 Å². The second-order valence-corrected chi connectivity index (χ2v) is 8.32. The Morgan fingerprint density at radius 2 is 1.74 bits per heavy atom. The van der Waals surface area contributed by atoms with Crippen LogP contribution in [0.3, 0.4) is 0 Å². The molecular weight excluding hydrogens is 440 g/mol. The molecule has 1 aliphatic heterocycles. The molecule has 34 heavy (non-hydrogen) atoms. The van der Waals surface area contributed by atoms with Crippen LogP contribution in [0.15, 0.2) is 72.3 Å². The molecule has 3 aromatic carbocycles. The molecule has 0 radical (unpaired) electrons. The molecule has 0 bridgehead atoms. The SMILES string of the molecule is Cc1cc(/C(O)=C2\C(=O)C(=O)N(c3cccc(F)c3)C2c2ccccc2F)ccc1OC(C)C. The van der Waals surface area contributed by atoms with Gasteiger partial charge in [0.05, 0.1) is 17.7 Å². The fourth-order valence-electron chi connectivity index (χ4n) is 4.05. The Kier molecular flexibility index (Phi) is 6.20. The molecular formula is C27H23F2NO4. The Morgan fingerprint density at radius 3 is 2.38 bits per heavy atom. The molecule has 1 atom stereocenters. The molecule has 3 aromatic rings. The Morgan fingerprint density at radius 1 is 1.00 bits per heavy atom. The van der Waals surface area contributed by atoms with Gasteiger partial charge in [-0.05, 0) is 68.8 Å². The molecule has 1 N–H and O–H groups in total. The van der Waals surface area contributed by atoms with Crippen molar-refractivity contribution in [2.75, 3.05) is 4.90 Å². The van der Waals surface area contributed by atoms with E-state index in [1.165, 1.54) is 36.4 Å². The number of aliphatic hydroxyl groups is 1. The first-order valence-corrected chi connectivity index (χ1v) is 10.8. The smallest absolute Gasteiger partial charge is 0.300 e. The number of aryl methyl sites for hydroxylation is 1. The van der Waals surface area contributed by atoms with Gasteiger partial charge in [0.1, 0.15) is 23.1 Å². The standard InChI is InChI=1S/C27H23F2NO4/c1-15(2)34-22-12-11-17(13-16(22)3)25(31)23-24(20-9-4-5-10-21(20)29)30(27(33)26(23)32)19-8-6-7-18(28)14-19/h4-15,24,31H,1-3H3/b25-23+. The van der Waals surface area contributed by atoms with Gasteiger partial charge in [0.15, 0.2) is 0 Å². The molecule has 0 saturated carbocycles. The third kappa shape index (κ3) is 4.17. The molecule has 0 aromatic heterocycles. The number of benzene rings is 3. The number of ketones is 1. The second kappa shape index (κ2) is 9.09. The van der Waals surface area contributed by atoms with E-state index in [4.69, 9.17) is 4.74 Å². The monoisotopic (exact) mass is 463 g/mol. The van der Waals surface area contributed by atoms with Gasteiger partial charge in [-0.3, -0.25) is 14.5 Å². The fraction of sp³-hybridized carbons (Fsp3) is 0.185. The van der Waals surface area contributed by atoms with Gasteiger partial charge in [0.2, 0.25) is 0 Å². The first-order valence-electron chi connectivity index (χ1n) is 10.8. The van der Waals surface area contributed by atoms with Crippen LogP contribution < -0.4 is 9.64 Å². The summed E-state index contributed by atoms with van der Waals surface area (Å²) in [5.41, 5.74) is 0.776. The van der Waals surface area contributed by atoms with Crippen LogP contribution in [0.5, 0.6) is 5.75 Å². The van der Waals surface area contributed by atoms with Gasteiger partial charge in [-0.25, -0.2) is 8.78 Å². The van der Waals surface area contributed by atoms with Crippen molar-refractivity contribution in [1.82, 2.24) is 0 Å². The van der Waals surface area contributed by atoms with Crippen molar-refractivity contribution in [2.24, 2.45) is 0 Å². The van der Waals surface area contributed by atoms with Crippen LogP contribution >= 0.6 is 0 Å². The van der Waals surface area contributed by atoms with Crippen molar-refractivity contribution in [3.63, 3.8) is 0 Å². The fourth-order valence-corrected chi connectivity index (χ4v) is 4.05. The normalized spacial score (nSPS) is 17.5. The minimum absolute atomic E-state index is 0.00370. The van der Waals surface area contributed by atoms with Crippen LogP contribution in [-0.2, 0) is 9.59 Å². The molecule has 1 fully saturated rings. The predicted molar refractivity (Wildman–Crippen MR) is 125 cm³/mol. The molecule has 1 unspecified atom stereocenters. The lowest BCUT2D eigenvalue weighted by Crippen LogP contribution is -2.30. The van der Waals surface area contributed by atoms with Crippen LogP contribution in [0, 0.1) is 18.6 Å². The molecule has 4 rings (SSSR count). The maximum absolute atomic E-state index is 14.9. The van der Waals surface area contributed by atoms with Crippen molar-refractivity contribution in [1.29, 1.82) is 0 Å². The lowest BCUT2D eigenvalue weighted by molar-refractivity contribution is -0.132. The Labute approximate surface area is 195 Å². The number of nitrogens with zero attached hydrogens (tertiary/aromatic N) is 1. The van der Waals surface area contributed by atoms with Crippen molar-refractivity contribution < 1.29 is 28.2 Å². The third-order valence-corrected chi connectivity index (χ3v) is 5.54. The average Bonchev–Trinajstić information content (AvgIpc) is 3.05. The maximum Gasteiger partial charge on any atom is 0.300 e. The summed E-state index contributed by atoms with van der Waals surface area (Å²) in [6.45, 7) is 5.55. The van der Waals surface area contributed by atoms with Gasteiger partial charge in [-0.15, -0.1) is 0 Å². The molecule has 7 heteroatoms. The summed E-state index contributed by atoms with van der Waals surface area (Å²) < 4.78 is 34.6. The summed E-state index contributed by atoms with van der Waals surface area (Å²) in [4.78, 5) is 27.2. The van der Waals surface area contributed by atoms with Crippen LogP contribution in [0.2, 0.25) is 0 Å². The number of halogens is 2. The summed E-state index contributed by atoms with van der Waals surface area (Å²) in [5, 5.41) is 11.2. The largest absolute Gasteiger partial charge is 0.507 e. The maximum atomic E-state index is 14.9. The minimum atomic E-state index is -1.28. The number of anilines is 1. The Bertz CT molecular complexity index is 1320. The number of aliphatic hydroxyl groups excluding tert-OH is 1. The second-order valence-electron chi connectivity index (χ2n) is 8.32. The number of hydrogen-bond donors (Lipinski definition) is 1. The Balaban J connectivity index is 1.92. The van der Waals surface area contributed by atoms with Crippen LogP contribution in [0.1, 0.15) is 36.6 Å². The quantitative estimate of drug-likeness (QED) is 0.300. The van der Waals surface area contributed by atoms with Gasteiger partial charge in [-0.2, -0.15) is 0 Å². The van der Waals surface area contributed by atoms with E-state index in [-0.39, 0.29) is 28.5 Å².